The van der Waals surface area contributed by atoms with Crippen molar-refractivity contribution in [3.63, 3.8) is 0 Å². The summed E-state index contributed by atoms with van der Waals surface area (Å²) in [5.74, 6) is 1.68. The Morgan fingerprint density at radius 1 is 1.15 bits per heavy atom. The maximum absolute atomic E-state index is 5.93. The van der Waals surface area contributed by atoms with Crippen LogP contribution in [-0.2, 0) is 12.8 Å². The highest BCUT2D eigenvalue weighted by Crippen LogP contribution is 2.29. The lowest BCUT2D eigenvalue weighted by molar-refractivity contribution is 0.899. The predicted molar refractivity (Wildman–Crippen MR) is 82.0 cm³/mol. The SMILES string of the molecule is NCCNc1nc(-c2ccc(Cl)cc2)nc2c1CCC2. The van der Waals surface area contributed by atoms with Crippen LogP contribution in [0.15, 0.2) is 24.3 Å². The van der Waals surface area contributed by atoms with Crippen LogP contribution in [-0.4, -0.2) is 23.1 Å². The van der Waals surface area contributed by atoms with Crippen LogP contribution in [0, 0.1) is 0 Å². The molecule has 1 aliphatic carbocycles. The van der Waals surface area contributed by atoms with Gasteiger partial charge in [0.05, 0.1) is 0 Å². The molecule has 3 N–H and O–H groups in total. The Kier molecular flexibility index (Phi) is 3.85. The summed E-state index contributed by atoms with van der Waals surface area (Å²) in [5, 5.41) is 4.03. The number of benzene rings is 1. The second-order valence-corrected chi connectivity index (χ2v) is 5.33. The van der Waals surface area contributed by atoms with Crippen LogP contribution in [0.2, 0.25) is 5.02 Å². The number of hydrogen-bond donors (Lipinski definition) is 2. The number of nitrogens with one attached hydrogen (secondary N) is 1. The van der Waals surface area contributed by atoms with Crippen LogP contribution in [0.3, 0.4) is 0 Å². The molecule has 3 rings (SSSR count). The second-order valence-electron chi connectivity index (χ2n) is 4.90. The van der Waals surface area contributed by atoms with E-state index in [4.69, 9.17) is 22.3 Å². The van der Waals surface area contributed by atoms with Crippen molar-refractivity contribution in [2.75, 3.05) is 18.4 Å². The highest BCUT2D eigenvalue weighted by atomic mass is 35.5. The van der Waals surface area contributed by atoms with Gasteiger partial charge in [-0.05, 0) is 43.5 Å². The third kappa shape index (κ3) is 2.62. The van der Waals surface area contributed by atoms with E-state index in [1.54, 1.807) is 0 Å². The van der Waals surface area contributed by atoms with E-state index in [2.05, 4.69) is 10.3 Å². The van der Waals surface area contributed by atoms with Crippen molar-refractivity contribution in [3.8, 4) is 11.4 Å². The van der Waals surface area contributed by atoms with Crippen LogP contribution in [0.25, 0.3) is 11.4 Å². The summed E-state index contributed by atoms with van der Waals surface area (Å²) in [6.45, 7) is 1.32. The molecule has 5 heteroatoms. The lowest BCUT2D eigenvalue weighted by Crippen LogP contribution is -2.16. The normalized spacial score (nSPS) is 13.3. The van der Waals surface area contributed by atoms with Gasteiger partial charge in [0.2, 0.25) is 0 Å². The number of anilines is 1. The Morgan fingerprint density at radius 3 is 2.70 bits per heavy atom. The van der Waals surface area contributed by atoms with Gasteiger partial charge in [-0.3, -0.25) is 0 Å². The van der Waals surface area contributed by atoms with Crippen LogP contribution >= 0.6 is 11.6 Å². The van der Waals surface area contributed by atoms with Gasteiger partial charge in [0.25, 0.3) is 0 Å². The number of hydrogen-bond acceptors (Lipinski definition) is 4. The van der Waals surface area contributed by atoms with Crippen molar-refractivity contribution in [2.24, 2.45) is 5.73 Å². The van der Waals surface area contributed by atoms with Crippen molar-refractivity contribution >= 4 is 17.4 Å². The van der Waals surface area contributed by atoms with Crippen molar-refractivity contribution in [1.29, 1.82) is 0 Å². The first-order valence-corrected chi connectivity index (χ1v) is 7.25. The average molecular weight is 289 g/mol. The molecule has 0 unspecified atom stereocenters. The van der Waals surface area contributed by atoms with E-state index < -0.39 is 0 Å². The molecule has 0 bridgehead atoms. The van der Waals surface area contributed by atoms with Crippen molar-refractivity contribution in [3.05, 3.63) is 40.5 Å². The number of aryl methyl sites for hydroxylation is 1. The van der Waals surface area contributed by atoms with Crippen LogP contribution in [0.1, 0.15) is 17.7 Å². The molecule has 0 fully saturated rings. The molecule has 1 aromatic carbocycles. The standard InChI is InChI=1S/C15H17ClN4/c16-11-6-4-10(5-7-11)14-19-13-3-1-2-12(13)15(20-14)18-9-8-17/h4-7H,1-3,8-9,17H2,(H,18,19,20). The fourth-order valence-electron chi connectivity index (χ4n) is 2.50. The molecule has 104 valence electrons. The molecule has 0 aliphatic heterocycles. The summed E-state index contributed by atoms with van der Waals surface area (Å²) in [6, 6.07) is 7.62. The van der Waals surface area contributed by atoms with Crippen LogP contribution < -0.4 is 11.1 Å². The van der Waals surface area contributed by atoms with Crippen molar-refractivity contribution in [1.82, 2.24) is 9.97 Å². The largest absolute Gasteiger partial charge is 0.368 e. The molecule has 2 aromatic rings. The number of aromatic nitrogens is 2. The maximum Gasteiger partial charge on any atom is 0.161 e. The number of fused-ring (bicyclic) bond motifs is 1. The van der Waals surface area contributed by atoms with Gasteiger partial charge in [0, 0.05) is 34.9 Å². The van der Waals surface area contributed by atoms with E-state index in [-0.39, 0.29) is 0 Å². The van der Waals surface area contributed by atoms with Crippen LogP contribution in [0.5, 0.6) is 0 Å². The van der Waals surface area contributed by atoms with Gasteiger partial charge in [-0.25, -0.2) is 9.97 Å². The summed E-state index contributed by atoms with van der Waals surface area (Å²) >= 11 is 5.93. The first-order valence-electron chi connectivity index (χ1n) is 6.87. The highest BCUT2D eigenvalue weighted by Gasteiger charge is 2.19. The molecule has 1 heterocycles. The summed E-state index contributed by atoms with van der Waals surface area (Å²) in [7, 11) is 0. The second kappa shape index (κ2) is 5.77. The topological polar surface area (TPSA) is 63.8 Å². The molecule has 0 saturated heterocycles. The Bertz CT molecular complexity index is 610. The minimum Gasteiger partial charge on any atom is -0.368 e. The highest BCUT2D eigenvalue weighted by molar-refractivity contribution is 6.30. The third-order valence-electron chi connectivity index (χ3n) is 3.47. The summed E-state index contributed by atoms with van der Waals surface area (Å²) < 4.78 is 0. The molecule has 0 spiro atoms. The van der Waals surface area contributed by atoms with Crippen molar-refractivity contribution in [2.45, 2.75) is 19.3 Å². The van der Waals surface area contributed by atoms with E-state index >= 15 is 0 Å². The fourth-order valence-corrected chi connectivity index (χ4v) is 2.62. The predicted octanol–water partition coefficient (Wildman–Crippen LogP) is 2.66. The van der Waals surface area contributed by atoms with Gasteiger partial charge in [-0.1, -0.05) is 11.6 Å². The molecule has 4 nitrogen and oxygen atoms in total. The van der Waals surface area contributed by atoms with Gasteiger partial charge in [0.15, 0.2) is 5.82 Å². The summed E-state index contributed by atoms with van der Waals surface area (Å²) in [6.07, 6.45) is 3.21. The Balaban J connectivity index is 2.01. The van der Waals surface area contributed by atoms with E-state index in [1.165, 1.54) is 5.56 Å². The number of rotatable bonds is 4. The minimum absolute atomic E-state index is 0.592. The molecule has 0 atom stereocenters. The molecule has 0 amide bonds. The van der Waals surface area contributed by atoms with E-state index in [9.17, 15) is 0 Å². The number of halogens is 1. The first-order chi connectivity index (χ1) is 9.78. The Morgan fingerprint density at radius 2 is 1.95 bits per heavy atom. The first kappa shape index (κ1) is 13.3. The van der Waals surface area contributed by atoms with Gasteiger partial charge in [-0.15, -0.1) is 0 Å². The van der Waals surface area contributed by atoms with Gasteiger partial charge >= 0.3 is 0 Å². The minimum atomic E-state index is 0.592. The Hall–Kier alpha value is -1.65. The quantitative estimate of drug-likeness (QED) is 0.908. The Labute approximate surface area is 123 Å². The zero-order valence-corrected chi connectivity index (χ0v) is 12.0. The molecular weight excluding hydrogens is 272 g/mol. The zero-order chi connectivity index (χ0) is 13.9. The van der Waals surface area contributed by atoms with Gasteiger partial charge in [-0.2, -0.15) is 0 Å². The summed E-state index contributed by atoms with van der Waals surface area (Å²) in [4.78, 5) is 9.36. The zero-order valence-electron chi connectivity index (χ0n) is 11.2. The monoisotopic (exact) mass is 288 g/mol. The van der Waals surface area contributed by atoms with Gasteiger partial charge in [0.1, 0.15) is 5.82 Å². The van der Waals surface area contributed by atoms with E-state index in [0.717, 1.165) is 53.7 Å². The van der Waals surface area contributed by atoms with E-state index in [0.29, 0.717) is 6.54 Å². The van der Waals surface area contributed by atoms with Crippen molar-refractivity contribution < 1.29 is 0 Å². The van der Waals surface area contributed by atoms with Gasteiger partial charge < -0.3 is 11.1 Å². The average Bonchev–Trinajstić information content (AvgIpc) is 2.94. The lowest BCUT2D eigenvalue weighted by Gasteiger charge is -2.11. The lowest BCUT2D eigenvalue weighted by atomic mass is 10.2. The summed E-state index contributed by atoms with van der Waals surface area (Å²) in [5.41, 5.74) is 8.96. The smallest absolute Gasteiger partial charge is 0.161 e. The third-order valence-corrected chi connectivity index (χ3v) is 3.72. The fraction of sp³-hybridized carbons (Fsp3) is 0.333. The molecule has 0 saturated carbocycles. The molecule has 1 aliphatic rings. The van der Waals surface area contributed by atoms with Crippen LogP contribution in [0.4, 0.5) is 5.82 Å². The molecule has 1 aromatic heterocycles. The maximum atomic E-state index is 5.93. The molecule has 20 heavy (non-hydrogen) atoms. The number of nitrogens with two attached hydrogens (primary N) is 1. The van der Waals surface area contributed by atoms with E-state index in [1.807, 2.05) is 24.3 Å². The molecule has 0 radical (unpaired) electrons. The molecular formula is C15H17ClN4. The number of nitrogens with zero attached hydrogens (tertiary/aromatic N) is 2.